The smallest absolute Gasteiger partial charge is 0.105 e. The third-order valence-electron chi connectivity index (χ3n) is 6.15. The maximum Gasteiger partial charge on any atom is 0.105 e. The summed E-state index contributed by atoms with van der Waals surface area (Å²) in [6.45, 7) is 24.4. The lowest BCUT2D eigenvalue weighted by atomic mass is 9.90. The summed E-state index contributed by atoms with van der Waals surface area (Å²) in [6.07, 6.45) is 9.79. The molecule has 2 nitrogen and oxygen atoms in total. The third-order valence-corrected chi connectivity index (χ3v) is 6.15. The monoisotopic (exact) mass is 412 g/mol. The van der Waals surface area contributed by atoms with Gasteiger partial charge in [-0.2, -0.15) is 0 Å². The van der Waals surface area contributed by atoms with Crippen LogP contribution in [0.25, 0.3) is 0 Å². The summed E-state index contributed by atoms with van der Waals surface area (Å²) in [5.41, 5.74) is -1.04. The van der Waals surface area contributed by atoms with Crippen LogP contribution in [-0.4, -0.2) is 42.3 Å². The van der Waals surface area contributed by atoms with E-state index in [0.717, 1.165) is 26.1 Å². The molecule has 0 aromatic heterocycles. The minimum Gasteiger partial charge on any atom is -0.314 e. The van der Waals surface area contributed by atoms with Gasteiger partial charge in [-0.3, -0.25) is 4.90 Å². The van der Waals surface area contributed by atoms with Crippen LogP contribution in [0.15, 0.2) is 12.7 Å². The molecule has 4 unspecified atom stereocenters. The van der Waals surface area contributed by atoms with Gasteiger partial charge in [-0.15, -0.1) is 6.58 Å². The second-order valence-electron chi connectivity index (χ2n) is 10.4. The minimum absolute atomic E-state index is 0.560. The average Bonchev–Trinajstić information content (AvgIpc) is 2.61. The van der Waals surface area contributed by atoms with E-state index >= 15 is 0 Å². The molecule has 0 bridgehead atoms. The van der Waals surface area contributed by atoms with Gasteiger partial charge in [0.1, 0.15) is 5.67 Å². The van der Waals surface area contributed by atoms with Crippen molar-refractivity contribution in [3.8, 4) is 0 Å². The van der Waals surface area contributed by atoms with Crippen LogP contribution in [0.2, 0.25) is 0 Å². The maximum atomic E-state index is 13.8. The van der Waals surface area contributed by atoms with Gasteiger partial charge < -0.3 is 5.32 Å². The topological polar surface area (TPSA) is 15.3 Å². The quantitative estimate of drug-likeness (QED) is 0.238. The molecule has 0 fully saturated rings. The molecule has 0 saturated heterocycles. The largest absolute Gasteiger partial charge is 0.314 e. The number of hydrogen-bond donors (Lipinski definition) is 1. The number of alkyl halides is 1. The molecule has 0 aliphatic rings. The van der Waals surface area contributed by atoms with E-state index in [1.54, 1.807) is 13.8 Å². The molecule has 0 rings (SSSR count). The Balaban J connectivity index is 4.71. The Morgan fingerprint density at radius 3 is 2.14 bits per heavy atom. The fourth-order valence-corrected chi connectivity index (χ4v) is 4.52. The first-order chi connectivity index (χ1) is 13.5. The Hall–Kier alpha value is -0.410. The second-order valence-corrected chi connectivity index (χ2v) is 10.4. The molecule has 0 heterocycles. The number of nitrogens with zero attached hydrogens (tertiary/aromatic N) is 1. The molecule has 0 amide bonds. The lowest BCUT2D eigenvalue weighted by molar-refractivity contribution is 0.134. The molecule has 0 aliphatic heterocycles. The van der Waals surface area contributed by atoms with Crippen molar-refractivity contribution in [3.63, 3.8) is 0 Å². The van der Waals surface area contributed by atoms with E-state index in [1.165, 1.54) is 32.1 Å². The summed E-state index contributed by atoms with van der Waals surface area (Å²) < 4.78 is 13.8. The van der Waals surface area contributed by atoms with Crippen LogP contribution in [0.1, 0.15) is 100 Å². The van der Waals surface area contributed by atoms with Gasteiger partial charge in [0.15, 0.2) is 0 Å². The molecular formula is C26H53FN2. The molecule has 29 heavy (non-hydrogen) atoms. The van der Waals surface area contributed by atoms with E-state index in [1.807, 2.05) is 0 Å². The van der Waals surface area contributed by atoms with Crippen LogP contribution in [0.5, 0.6) is 0 Å². The van der Waals surface area contributed by atoms with E-state index in [2.05, 4.69) is 64.4 Å². The molecular weight excluding hydrogens is 359 g/mol. The predicted molar refractivity (Wildman–Crippen MR) is 129 cm³/mol. The van der Waals surface area contributed by atoms with E-state index in [9.17, 15) is 4.39 Å². The van der Waals surface area contributed by atoms with Gasteiger partial charge in [-0.25, -0.2) is 4.39 Å². The third kappa shape index (κ3) is 14.3. The van der Waals surface area contributed by atoms with Crippen molar-refractivity contribution < 1.29 is 4.39 Å². The van der Waals surface area contributed by atoms with Gasteiger partial charge in [-0.1, -0.05) is 54.0 Å². The molecule has 0 aromatic rings. The Morgan fingerprint density at radius 2 is 1.66 bits per heavy atom. The van der Waals surface area contributed by atoms with Crippen molar-refractivity contribution in [2.24, 2.45) is 17.8 Å². The zero-order chi connectivity index (χ0) is 22.4. The molecule has 174 valence electrons. The standard InChI is InChI=1S/C26H53FN2/c1-10-13-25(21(4)5)29(18-11-2)20-23(7)19-24(28-12-3)15-14-22(6)16-17-26(8,9)27/h11,21-25,28H,2,10,12-20H2,1,3-9H3. The molecule has 4 atom stereocenters. The number of rotatable bonds is 18. The van der Waals surface area contributed by atoms with Crippen molar-refractivity contribution in [3.05, 3.63) is 12.7 Å². The van der Waals surface area contributed by atoms with Crippen molar-refractivity contribution in [1.29, 1.82) is 0 Å². The Kier molecular flexibility index (Phi) is 15.2. The van der Waals surface area contributed by atoms with E-state index in [0.29, 0.717) is 36.3 Å². The Bertz CT molecular complexity index is 402. The minimum atomic E-state index is -1.04. The van der Waals surface area contributed by atoms with Crippen molar-refractivity contribution in [1.82, 2.24) is 10.2 Å². The van der Waals surface area contributed by atoms with Gasteiger partial charge in [0.05, 0.1) is 0 Å². The number of nitrogens with one attached hydrogen (secondary N) is 1. The molecule has 0 aromatic carbocycles. The molecule has 0 aliphatic carbocycles. The van der Waals surface area contributed by atoms with Crippen molar-refractivity contribution in [2.45, 2.75) is 118 Å². The van der Waals surface area contributed by atoms with Crippen molar-refractivity contribution in [2.75, 3.05) is 19.6 Å². The van der Waals surface area contributed by atoms with Crippen LogP contribution in [-0.2, 0) is 0 Å². The number of hydrogen-bond acceptors (Lipinski definition) is 2. The van der Waals surface area contributed by atoms with Gasteiger partial charge >= 0.3 is 0 Å². The van der Waals surface area contributed by atoms with E-state index in [4.69, 9.17) is 0 Å². The van der Waals surface area contributed by atoms with Crippen molar-refractivity contribution >= 4 is 0 Å². The Labute approximate surface area is 183 Å². The van der Waals surface area contributed by atoms with Crippen LogP contribution < -0.4 is 5.32 Å². The van der Waals surface area contributed by atoms with Crippen LogP contribution in [0.4, 0.5) is 4.39 Å². The fourth-order valence-electron chi connectivity index (χ4n) is 4.52. The fraction of sp³-hybridized carbons (Fsp3) is 0.923. The summed E-state index contributed by atoms with van der Waals surface area (Å²) >= 11 is 0. The highest BCUT2D eigenvalue weighted by Gasteiger charge is 2.23. The predicted octanol–water partition coefficient (Wildman–Crippen LogP) is 7.25. The summed E-state index contributed by atoms with van der Waals surface area (Å²) in [4.78, 5) is 2.65. The zero-order valence-electron chi connectivity index (χ0n) is 21.1. The van der Waals surface area contributed by atoms with Crippen LogP contribution >= 0.6 is 0 Å². The maximum absolute atomic E-state index is 13.8. The van der Waals surface area contributed by atoms with Gasteiger partial charge in [0, 0.05) is 25.2 Å². The van der Waals surface area contributed by atoms with E-state index < -0.39 is 5.67 Å². The first-order valence-corrected chi connectivity index (χ1v) is 12.3. The lowest BCUT2D eigenvalue weighted by Crippen LogP contribution is -2.43. The first-order valence-electron chi connectivity index (χ1n) is 12.3. The molecule has 0 saturated carbocycles. The average molecular weight is 413 g/mol. The lowest BCUT2D eigenvalue weighted by Gasteiger charge is -2.36. The highest BCUT2D eigenvalue weighted by Crippen LogP contribution is 2.24. The SMILES string of the molecule is C=CCN(CC(C)CC(CCC(C)CCC(C)(C)F)NCC)C(CCC)C(C)C. The molecule has 0 spiro atoms. The number of halogens is 1. The summed E-state index contributed by atoms with van der Waals surface area (Å²) in [5, 5.41) is 3.71. The second kappa shape index (κ2) is 15.4. The zero-order valence-corrected chi connectivity index (χ0v) is 21.1. The highest BCUT2D eigenvalue weighted by atomic mass is 19.1. The highest BCUT2D eigenvalue weighted by molar-refractivity contribution is 4.83. The first kappa shape index (κ1) is 28.6. The molecule has 0 radical (unpaired) electrons. The normalized spacial score (nSPS) is 16.8. The van der Waals surface area contributed by atoms with E-state index in [-0.39, 0.29) is 0 Å². The summed E-state index contributed by atoms with van der Waals surface area (Å²) in [5.74, 6) is 1.91. The van der Waals surface area contributed by atoms with Gasteiger partial charge in [-0.05, 0) is 76.7 Å². The molecule has 1 N–H and O–H groups in total. The van der Waals surface area contributed by atoms with Crippen LogP contribution in [0.3, 0.4) is 0 Å². The van der Waals surface area contributed by atoms with Gasteiger partial charge in [0.2, 0.25) is 0 Å². The summed E-state index contributed by atoms with van der Waals surface area (Å²) in [6, 6.07) is 1.20. The van der Waals surface area contributed by atoms with Crippen LogP contribution in [0, 0.1) is 17.8 Å². The molecule has 3 heteroatoms. The summed E-state index contributed by atoms with van der Waals surface area (Å²) in [7, 11) is 0. The Morgan fingerprint density at radius 1 is 1.00 bits per heavy atom. The van der Waals surface area contributed by atoms with Gasteiger partial charge in [0.25, 0.3) is 0 Å².